The van der Waals surface area contributed by atoms with E-state index in [0.29, 0.717) is 11.6 Å². The summed E-state index contributed by atoms with van der Waals surface area (Å²) < 4.78 is 7.04. The number of rotatable bonds is 4. The van der Waals surface area contributed by atoms with Gasteiger partial charge in [0.25, 0.3) is 0 Å². The van der Waals surface area contributed by atoms with Crippen molar-refractivity contribution in [2.45, 2.75) is 19.5 Å². The predicted octanol–water partition coefficient (Wildman–Crippen LogP) is 4.31. The summed E-state index contributed by atoms with van der Waals surface area (Å²) in [6.45, 7) is 2.21. The van der Waals surface area contributed by atoms with Gasteiger partial charge in [-0.15, -0.1) is 0 Å². The summed E-state index contributed by atoms with van der Waals surface area (Å²) in [7, 11) is 0. The van der Waals surface area contributed by atoms with Crippen LogP contribution in [-0.4, -0.2) is 34.6 Å². The number of urea groups is 1. The van der Waals surface area contributed by atoms with Crippen molar-refractivity contribution in [2.24, 2.45) is 0 Å². The zero-order chi connectivity index (χ0) is 21.1. The van der Waals surface area contributed by atoms with Gasteiger partial charge in [-0.1, -0.05) is 41.9 Å². The molecule has 0 unspecified atom stereocenters. The van der Waals surface area contributed by atoms with Crippen LogP contribution in [0, 0.1) is 0 Å². The third kappa shape index (κ3) is 3.91. The van der Waals surface area contributed by atoms with Crippen LogP contribution < -0.4 is 5.32 Å². The Balaban J connectivity index is 1.76. The van der Waals surface area contributed by atoms with Crippen LogP contribution in [0.25, 0.3) is 5.69 Å². The van der Waals surface area contributed by atoms with Crippen molar-refractivity contribution in [3.8, 4) is 5.69 Å². The van der Waals surface area contributed by atoms with Gasteiger partial charge in [0.2, 0.25) is 0 Å². The van der Waals surface area contributed by atoms with Crippen LogP contribution in [0.15, 0.2) is 66.9 Å². The van der Waals surface area contributed by atoms with E-state index in [0.717, 1.165) is 22.5 Å². The van der Waals surface area contributed by atoms with E-state index in [2.05, 4.69) is 9.88 Å². The largest absolute Gasteiger partial charge is 0.465 e. The minimum atomic E-state index is -0.465. The molecule has 2 aromatic carbocycles. The molecule has 2 amide bonds. The lowest BCUT2D eigenvalue weighted by molar-refractivity contribution is -0.141. The number of nitrogens with one attached hydrogen (secondary N) is 1. The molecule has 0 saturated carbocycles. The molecule has 0 fully saturated rings. The van der Waals surface area contributed by atoms with Crippen LogP contribution in [0.1, 0.15) is 29.8 Å². The fraction of sp³-hybridized carbons (Fsp3) is 0.217. The number of benzene rings is 2. The number of nitrogens with zero attached hydrogens (tertiary/aromatic N) is 2. The Morgan fingerprint density at radius 2 is 1.87 bits per heavy atom. The molecule has 3 aromatic rings. The smallest absolute Gasteiger partial charge is 0.325 e. The maximum absolute atomic E-state index is 13.2. The maximum atomic E-state index is 13.2. The third-order valence-corrected chi connectivity index (χ3v) is 5.35. The SMILES string of the molecule is CCOC(=O)CNC(=O)N1Cc2ccccc2-n2cccc2[C@@H]1c1ccc(Cl)cc1. The molecular weight excluding hydrogens is 402 g/mol. The number of hydrogen-bond donors (Lipinski definition) is 1. The maximum Gasteiger partial charge on any atom is 0.325 e. The van der Waals surface area contributed by atoms with Crippen molar-refractivity contribution in [1.82, 2.24) is 14.8 Å². The lowest BCUT2D eigenvalue weighted by atomic mass is 10.0. The fourth-order valence-electron chi connectivity index (χ4n) is 3.80. The molecule has 0 radical (unpaired) electrons. The number of amides is 2. The minimum Gasteiger partial charge on any atom is -0.465 e. The minimum absolute atomic E-state index is 0.181. The van der Waals surface area contributed by atoms with Crippen LogP contribution >= 0.6 is 11.6 Å². The average molecular weight is 424 g/mol. The highest BCUT2D eigenvalue weighted by Gasteiger charge is 2.33. The van der Waals surface area contributed by atoms with Crippen molar-refractivity contribution in [3.05, 3.63) is 88.7 Å². The second kappa shape index (κ2) is 8.63. The first-order valence-corrected chi connectivity index (χ1v) is 10.2. The summed E-state index contributed by atoms with van der Waals surface area (Å²) in [6.07, 6.45) is 2.00. The van der Waals surface area contributed by atoms with E-state index in [1.54, 1.807) is 11.8 Å². The zero-order valence-corrected chi connectivity index (χ0v) is 17.3. The lowest BCUT2D eigenvalue weighted by Gasteiger charge is -2.31. The van der Waals surface area contributed by atoms with Gasteiger partial charge in [0, 0.05) is 16.9 Å². The van der Waals surface area contributed by atoms with Gasteiger partial charge in [-0.05, 0) is 48.4 Å². The second-order valence-electron chi connectivity index (χ2n) is 6.98. The lowest BCUT2D eigenvalue weighted by Crippen LogP contribution is -2.44. The van der Waals surface area contributed by atoms with Gasteiger partial charge in [0.05, 0.1) is 24.9 Å². The molecule has 154 valence electrons. The highest BCUT2D eigenvalue weighted by molar-refractivity contribution is 6.30. The molecule has 7 heteroatoms. The van der Waals surface area contributed by atoms with E-state index in [9.17, 15) is 9.59 Å². The summed E-state index contributed by atoms with van der Waals surface area (Å²) in [6, 6.07) is 18.7. The quantitative estimate of drug-likeness (QED) is 0.636. The van der Waals surface area contributed by atoms with E-state index in [1.165, 1.54) is 0 Å². The molecule has 0 bridgehead atoms. The summed E-state index contributed by atoms with van der Waals surface area (Å²) in [5.74, 6) is -0.465. The molecule has 1 aliphatic heterocycles. The first-order valence-electron chi connectivity index (χ1n) is 9.79. The molecule has 1 aromatic heterocycles. The Morgan fingerprint density at radius 1 is 1.10 bits per heavy atom. The van der Waals surface area contributed by atoms with Gasteiger partial charge in [0.15, 0.2) is 0 Å². The zero-order valence-electron chi connectivity index (χ0n) is 16.5. The monoisotopic (exact) mass is 423 g/mol. The van der Waals surface area contributed by atoms with Crippen molar-refractivity contribution < 1.29 is 14.3 Å². The topological polar surface area (TPSA) is 63.6 Å². The van der Waals surface area contributed by atoms with Crippen molar-refractivity contribution >= 4 is 23.6 Å². The van der Waals surface area contributed by atoms with E-state index in [1.807, 2.05) is 66.9 Å². The molecule has 6 nitrogen and oxygen atoms in total. The van der Waals surface area contributed by atoms with E-state index >= 15 is 0 Å². The average Bonchev–Trinajstić information content (AvgIpc) is 3.17. The Morgan fingerprint density at radius 3 is 2.63 bits per heavy atom. The first-order chi connectivity index (χ1) is 14.6. The van der Waals surface area contributed by atoms with Gasteiger partial charge < -0.3 is 19.5 Å². The van der Waals surface area contributed by atoms with Crippen molar-refractivity contribution in [3.63, 3.8) is 0 Å². The molecular formula is C23H22ClN3O3. The Hall–Kier alpha value is -3.25. The summed E-state index contributed by atoms with van der Waals surface area (Å²) in [5.41, 5.74) is 3.92. The number of hydrogen-bond acceptors (Lipinski definition) is 3. The molecule has 1 atom stereocenters. The number of carbonyl (C=O) groups is 2. The van der Waals surface area contributed by atoms with Crippen LogP contribution in [0.2, 0.25) is 5.02 Å². The van der Waals surface area contributed by atoms with E-state index in [-0.39, 0.29) is 25.2 Å². The fourth-order valence-corrected chi connectivity index (χ4v) is 3.92. The van der Waals surface area contributed by atoms with Crippen LogP contribution in [0.4, 0.5) is 4.79 Å². The van der Waals surface area contributed by atoms with Crippen LogP contribution in [0.5, 0.6) is 0 Å². The Bertz CT molecular complexity index is 1060. The standard InChI is InChI=1S/C23H22ClN3O3/c1-2-30-21(28)14-25-23(29)27-15-17-6-3-4-7-19(17)26-13-5-8-20(26)22(27)16-9-11-18(24)12-10-16/h3-13,22H,2,14-15H2,1H3,(H,25,29)/t22-/m0/s1. The van der Waals surface area contributed by atoms with E-state index < -0.39 is 5.97 Å². The van der Waals surface area contributed by atoms with Gasteiger partial charge in [-0.25, -0.2) is 4.79 Å². The van der Waals surface area contributed by atoms with Gasteiger partial charge in [-0.3, -0.25) is 4.79 Å². The number of ether oxygens (including phenoxy) is 1. The van der Waals surface area contributed by atoms with Crippen LogP contribution in [-0.2, 0) is 16.1 Å². The molecule has 4 rings (SSSR count). The van der Waals surface area contributed by atoms with E-state index in [4.69, 9.17) is 16.3 Å². The van der Waals surface area contributed by atoms with Gasteiger partial charge in [-0.2, -0.15) is 0 Å². The second-order valence-corrected chi connectivity index (χ2v) is 7.41. The predicted molar refractivity (Wildman–Crippen MR) is 115 cm³/mol. The van der Waals surface area contributed by atoms with Gasteiger partial charge >= 0.3 is 12.0 Å². The number of esters is 1. The first kappa shape index (κ1) is 20.0. The molecule has 2 heterocycles. The molecule has 30 heavy (non-hydrogen) atoms. The number of aromatic nitrogens is 1. The molecule has 0 spiro atoms. The molecule has 0 aliphatic carbocycles. The molecule has 1 N–H and O–H groups in total. The number of carbonyl (C=O) groups excluding carboxylic acids is 2. The molecule has 1 aliphatic rings. The number of fused-ring (bicyclic) bond motifs is 3. The Kier molecular flexibility index (Phi) is 5.77. The summed E-state index contributed by atoms with van der Waals surface area (Å²) in [5, 5.41) is 3.34. The summed E-state index contributed by atoms with van der Waals surface area (Å²) in [4.78, 5) is 26.7. The van der Waals surface area contributed by atoms with Gasteiger partial charge in [0.1, 0.15) is 6.54 Å². The highest BCUT2D eigenvalue weighted by Crippen LogP contribution is 2.36. The third-order valence-electron chi connectivity index (χ3n) is 5.10. The van der Waals surface area contributed by atoms with Crippen molar-refractivity contribution in [1.29, 1.82) is 0 Å². The van der Waals surface area contributed by atoms with Crippen molar-refractivity contribution in [2.75, 3.05) is 13.2 Å². The highest BCUT2D eigenvalue weighted by atomic mass is 35.5. The number of para-hydroxylation sites is 1. The molecule has 0 saturated heterocycles. The Labute approximate surface area is 180 Å². The number of halogens is 1. The normalized spacial score (nSPS) is 15.0. The van der Waals surface area contributed by atoms with Crippen LogP contribution in [0.3, 0.4) is 0 Å². The summed E-state index contributed by atoms with van der Waals surface area (Å²) >= 11 is 6.10.